The third-order valence-electron chi connectivity index (χ3n) is 14.8. The SMILES string of the molecule is C1=CCCC(C2N=C(C3C=CC(C4=CCCC5=C4C4=C(CCCC4)C54C5=C(CCC=C5)OC5=C4CCC=C5)=CC3)C(C3=CCCCC3)=C(C3C=CCCC3)N2)=C1. The van der Waals surface area contributed by atoms with Gasteiger partial charge in [-0.15, -0.1) is 0 Å². The van der Waals surface area contributed by atoms with Crippen molar-refractivity contribution in [3.8, 4) is 0 Å². The van der Waals surface area contributed by atoms with E-state index in [1.54, 1.807) is 33.4 Å². The summed E-state index contributed by atoms with van der Waals surface area (Å²) in [4.78, 5) is 5.74. The van der Waals surface area contributed by atoms with Crippen molar-refractivity contribution in [1.29, 1.82) is 0 Å². The number of hydrogen-bond donors (Lipinski definition) is 1. The standard InChI is InChI=1S/C53H58N2O/c1-4-17-36(18-5-1)48-50(37-19-6-2-7-20-37)54-52(39-21-8-3-9-22-39)55-51(48)38-33-31-35(32-34-38)40-24-16-28-45-49(40)41-23-10-11-25-42(41)53(45)43-26-12-14-29-46(43)56-47-30-15-13-27-44(47)53/h3,6,8,12,15,17,19,21,24,26,30-33,37-38,52,54H,1-2,4-5,7,9-11,13-14,16,18,20,22-23,25,27-29,34H2. The molecule has 0 aromatic heterocycles. The molecule has 0 saturated heterocycles. The number of fused-ring (bicyclic) bond motifs is 5. The monoisotopic (exact) mass is 738 g/mol. The van der Waals surface area contributed by atoms with E-state index in [1.165, 1.54) is 116 Å². The quantitative estimate of drug-likeness (QED) is 0.285. The van der Waals surface area contributed by atoms with Crippen LogP contribution in [-0.4, -0.2) is 11.9 Å². The van der Waals surface area contributed by atoms with E-state index in [0.29, 0.717) is 5.92 Å². The molecule has 0 saturated carbocycles. The van der Waals surface area contributed by atoms with Crippen LogP contribution < -0.4 is 5.32 Å². The largest absolute Gasteiger partial charge is 0.461 e. The Kier molecular flexibility index (Phi) is 9.04. The lowest BCUT2D eigenvalue weighted by Crippen LogP contribution is -2.41. The summed E-state index contributed by atoms with van der Waals surface area (Å²) in [6.45, 7) is 0. The highest BCUT2D eigenvalue weighted by molar-refractivity contribution is 6.08. The first-order valence-corrected chi connectivity index (χ1v) is 22.6. The number of nitrogens with one attached hydrogen (secondary N) is 1. The van der Waals surface area contributed by atoms with Gasteiger partial charge in [0.15, 0.2) is 0 Å². The lowest BCUT2D eigenvalue weighted by Gasteiger charge is -2.46. The van der Waals surface area contributed by atoms with E-state index in [-0.39, 0.29) is 17.5 Å². The fourth-order valence-corrected chi connectivity index (χ4v) is 12.4. The lowest BCUT2D eigenvalue weighted by atomic mass is 9.59. The van der Waals surface area contributed by atoms with Crippen LogP contribution in [0.15, 0.2) is 169 Å². The Labute approximate surface area is 335 Å². The maximum atomic E-state index is 6.80. The van der Waals surface area contributed by atoms with Crippen LogP contribution in [0.5, 0.6) is 0 Å². The van der Waals surface area contributed by atoms with Crippen LogP contribution >= 0.6 is 0 Å². The second-order valence-electron chi connectivity index (χ2n) is 17.9. The number of nitrogens with zero attached hydrogens (tertiary/aromatic N) is 1. The Morgan fingerprint density at radius 3 is 2.41 bits per heavy atom. The molecule has 3 heteroatoms. The van der Waals surface area contributed by atoms with Gasteiger partial charge in [-0.05, 0) is 178 Å². The minimum atomic E-state index is -0.101. The predicted octanol–water partition coefficient (Wildman–Crippen LogP) is 13.4. The molecular formula is C53H58N2O. The van der Waals surface area contributed by atoms with Crippen LogP contribution in [0.2, 0.25) is 0 Å². The van der Waals surface area contributed by atoms with E-state index in [2.05, 4.69) is 90.4 Å². The Bertz CT molecular complexity index is 2220. The van der Waals surface area contributed by atoms with Crippen LogP contribution in [-0.2, 0) is 4.74 Å². The highest BCUT2D eigenvalue weighted by Gasteiger charge is 2.55. The molecule has 0 fully saturated rings. The molecule has 2 aliphatic heterocycles. The number of allylic oxidation sites excluding steroid dienone is 25. The van der Waals surface area contributed by atoms with Crippen molar-refractivity contribution in [1.82, 2.24) is 5.32 Å². The van der Waals surface area contributed by atoms with E-state index in [0.717, 1.165) is 63.5 Å². The van der Waals surface area contributed by atoms with E-state index in [4.69, 9.17) is 9.73 Å². The van der Waals surface area contributed by atoms with Crippen molar-refractivity contribution >= 4 is 5.71 Å². The minimum absolute atomic E-state index is 0.0217. The molecule has 1 N–H and O–H groups in total. The minimum Gasteiger partial charge on any atom is -0.461 e. The van der Waals surface area contributed by atoms with Gasteiger partial charge in [-0.25, -0.2) is 0 Å². The van der Waals surface area contributed by atoms with E-state index in [9.17, 15) is 0 Å². The first kappa shape index (κ1) is 34.8. The van der Waals surface area contributed by atoms with Gasteiger partial charge in [0, 0.05) is 35.1 Å². The predicted molar refractivity (Wildman–Crippen MR) is 230 cm³/mol. The van der Waals surface area contributed by atoms with Crippen LogP contribution in [0.25, 0.3) is 0 Å². The second-order valence-corrected chi connectivity index (χ2v) is 17.9. The smallest absolute Gasteiger partial charge is 0.141 e. The molecule has 56 heavy (non-hydrogen) atoms. The zero-order chi connectivity index (χ0) is 37.1. The second kappa shape index (κ2) is 14.5. The van der Waals surface area contributed by atoms with Crippen molar-refractivity contribution in [3.63, 3.8) is 0 Å². The summed E-state index contributed by atoms with van der Waals surface area (Å²) in [6.07, 6.45) is 57.7. The number of rotatable bonds is 5. The summed E-state index contributed by atoms with van der Waals surface area (Å²) in [5.74, 6) is 3.11. The molecule has 0 aromatic rings. The summed E-state index contributed by atoms with van der Waals surface area (Å²) in [5, 5.41) is 4.10. The number of ether oxygens (including phenoxy) is 1. The summed E-state index contributed by atoms with van der Waals surface area (Å²) in [6, 6.07) is 0. The molecule has 9 aliphatic carbocycles. The normalized spacial score (nSPS) is 32.3. The van der Waals surface area contributed by atoms with Gasteiger partial charge >= 0.3 is 0 Å². The third-order valence-corrected chi connectivity index (χ3v) is 14.8. The molecule has 1 spiro atoms. The fourth-order valence-electron chi connectivity index (χ4n) is 12.4. The first-order valence-electron chi connectivity index (χ1n) is 22.6. The molecule has 0 radical (unpaired) electrons. The van der Waals surface area contributed by atoms with Crippen LogP contribution in [0, 0.1) is 17.3 Å². The zero-order valence-electron chi connectivity index (χ0n) is 33.3. The van der Waals surface area contributed by atoms with Crippen LogP contribution in [0.3, 0.4) is 0 Å². The topological polar surface area (TPSA) is 33.6 Å². The van der Waals surface area contributed by atoms with E-state index >= 15 is 0 Å². The average molecular weight is 739 g/mol. The summed E-state index contributed by atoms with van der Waals surface area (Å²) in [5.41, 5.74) is 19.8. The Morgan fingerprint density at radius 1 is 0.661 bits per heavy atom. The molecule has 11 aliphatic rings. The van der Waals surface area contributed by atoms with Crippen molar-refractivity contribution in [3.05, 3.63) is 164 Å². The molecule has 4 unspecified atom stereocenters. The van der Waals surface area contributed by atoms with Gasteiger partial charge < -0.3 is 10.1 Å². The highest BCUT2D eigenvalue weighted by atomic mass is 16.5. The highest BCUT2D eigenvalue weighted by Crippen LogP contribution is 2.67. The number of aliphatic imine (C=N–C) groups is 1. The van der Waals surface area contributed by atoms with Gasteiger partial charge in [-0.1, -0.05) is 79.0 Å². The Hall–Kier alpha value is -4.37. The Balaban J connectivity index is 0.995. The Morgan fingerprint density at radius 2 is 1.55 bits per heavy atom. The van der Waals surface area contributed by atoms with Crippen molar-refractivity contribution in [2.24, 2.45) is 22.2 Å². The molecule has 286 valence electrons. The van der Waals surface area contributed by atoms with Crippen LogP contribution in [0.1, 0.15) is 128 Å². The molecule has 4 atom stereocenters. The fraction of sp³-hybridized carbons (Fsp3) is 0.453. The summed E-state index contributed by atoms with van der Waals surface area (Å²) in [7, 11) is 0. The van der Waals surface area contributed by atoms with Gasteiger partial charge in [-0.3, -0.25) is 4.99 Å². The average Bonchev–Trinajstić information content (AvgIpc) is 3.58. The number of hydrogen-bond acceptors (Lipinski definition) is 3. The molecular weight excluding hydrogens is 681 g/mol. The molecule has 0 bridgehead atoms. The van der Waals surface area contributed by atoms with Crippen LogP contribution in [0.4, 0.5) is 0 Å². The molecule has 0 amide bonds. The van der Waals surface area contributed by atoms with Gasteiger partial charge in [-0.2, -0.15) is 0 Å². The van der Waals surface area contributed by atoms with Crippen molar-refractivity contribution < 1.29 is 4.74 Å². The maximum Gasteiger partial charge on any atom is 0.141 e. The molecule has 3 nitrogen and oxygen atoms in total. The van der Waals surface area contributed by atoms with Crippen molar-refractivity contribution in [2.45, 2.75) is 135 Å². The van der Waals surface area contributed by atoms with Gasteiger partial charge in [0.25, 0.3) is 0 Å². The molecule has 11 rings (SSSR count). The van der Waals surface area contributed by atoms with Gasteiger partial charge in [0.1, 0.15) is 17.7 Å². The van der Waals surface area contributed by atoms with Gasteiger partial charge in [0.2, 0.25) is 0 Å². The summed E-state index contributed by atoms with van der Waals surface area (Å²) >= 11 is 0. The van der Waals surface area contributed by atoms with Crippen molar-refractivity contribution in [2.75, 3.05) is 0 Å². The maximum absolute atomic E-state index is 6.80. The van der Waals surface area contributed by atoms with Gasteiger partial charge in [0.05, 0.1) is 11.1 Å². The summed E-state index contributed by atoms with van der Waals surface area (Å²) < 4.78 is 6.80. The first-order chi connectivity index (χ1) is 27.8. The molecule has 0 aromatic carbocycles. The molecule has 2 heterocycles. The zero-order valence-corrected chi connectivity index (χ0v) is 33.3. The van der Waals surface area contributed by atoms with E-state index < -0.39 is 0 Å². The third kappa shape index (κ3) is 5.61. The lowest BCUT2D eigenvalue weighted by molar-refractivity contribution is 0.256. The van der Waals surface area contributed by atoms with E-state index in [1.807, 2.05) is 0 Å².